The zero-order chi connectivity index (χ0) is 15.3. The van der Waals surface area contributed by atoms with Crippen LogP contribution >= 0.6 is 0 Å². The highest BCUT2D eigenvalue weighted by Crippen LogP contribution is 2.34. The fraction of sp³-hybridized carbons (Fsp3) is 0.588. The maximum atomic E-state index is 12.9. The minimum atomic E-state index is -0.174. The van der Waals surface area contributed by atoms with Gasteiger partial charge in [-0.2, -0.15) is 0 Å². The molecule has 1 saturated heterocycles. The van der Waals surface area contributed by atoms with Crippen LogP contribution in [0.1, 0.15) is 31.7 Å². The summed E-state index contributed by atoms with van der Waals surface area (Å²) in [5, 5.41) is 3.35. The van der Waals surface area contributed by atoms with Crippen LogP contribution in [-0.4, -0.2) is 38.1 Å². The topological polar surface area (TPSA) is 41.6 Å². The summed E-state index contributed by atoms with van der Waals surface area (Å²) < 4.78 is 5.16. The molecule has 4 heteroatoms. The van der Waals surface area contributed by atoms with Gasteiger partial charge in [0.1, 0.15) is 5.75 Å². The first-order valence-corrected chi connectivity index (χ1v) is 7.70. The second-order valence-corrected chi connectivity index (χ2v) is 5.89. The lowest BCUT2D eigenvalue weighted by atomic mass is 9.75. The highest BCUT2D eigenvalue weighted by molar-refractivity contribution is 5.82. The van der Waals surface area contributed by atoms with E-state index in [1.165, 1.54) is 0 Å². The van der Waals surface area contributed by atoms with Crippen LogP contribution in [0.2, 0.25) is 0 Å². The van der Waals surface area contributed by atoms with E-state index in [-0.39, 0.29) is 11.3 Å². The molecule has 1 aliphatic heterocycles. The van der Waals surface area contributed by atoms with Gasteiger partial charge in [0.2, 0.25) is 5.91 Å². The van der Waals surface area contributed by atoms with Crippen LogP contribution in [0.15, 0.2) is 24.3 Å². The van der Waals surface area contributed by atoms with Gasteiger partial charge in [0.15, 0.2) is 0 Å². The number of rotatable bonds is 5. The smallest absolute Gasteiger partial charge is 0.228 e. The van der Waals surface area contributed by atoms with Gasteiger partial charge >= 0.3 is 0 Å². The molecule has 0 atom stereocenters. The highest BCUT2D eigenvalue weighted by Gasteiger charge is 2.39. The Morgan fingerprint density at radius 3 is 2.43 bits per heavy atom. The fourth-order valence-electron chi connectivity index (χ4n) is 3.11. The first-order chi connectivity index (χ1) is 10.1. The van der Waals surface area contributed by atoms with Gasteiger partial charge in [0.05, 0.1) is 12.5 Å². The summed E-state index contributed by atoms with van der Waals surface area (Å²) in [6.07, 6.45) is 2.80. The third kappa shape index (κ3) is 3.56. The number of amides is 1. The zero-order valence-electron chi connectivity index (χ0n) is 13.3. The summed E-state index contributed by atoms with van der Waals surface area (Å²) in [5.74, 6) is 1.12. The van der Waals surface area contributed by atoms with E-state index in [4.69, 9.17) is 4.74 Å². The Morgan fingerprint density at radius 2 is 1.90 bits per heavy atom. The van der Waals surface area contributed by atoms with Crippen molar-refractivity contribution in [3.63, 3.8) is 0 Å². The monoisotopic (exact) mass is 290 g/mol. The Labute approximate surface area is 127 Å². The number of nitrogens with one attached hydrogen (secondary N) is 1. The largest absolute Gasteiger partial charge is 0.497 e. The highest BCUT2D eigenvalue weighted by atomic mass is 16.5. The van der Waals surface area contributed by atoms with E-state index in [1.54, 1.807) is 7.11 Å². The molecular weight excluding hydrogens is 264 g/mol. The standard InChI is InChI=1S/C17H26N2O2/c1-4-17(9-11-18-12-10-17)16(20)19(2)13-14-5-7-15(21-3)8-6-14/h5-8,18H,4,9-13H2,1-3H3. The van der Waals surface area contributed by atoms with Gasteiger partial charge in [0.25, 0.3) is 0 Å². The van der Waals surface area contributed by atoms with E-state index in [2.05, 4.69) is 12.2 Å². The number of hydrogen-bond acceptors (Lipinski definition) is 3. The summed E-state index contributed by atoms with van der Waals surface area (Å²) in [5.41, 5.74) is 0.957. The number of hydrogen-bond donors (Lipinski definition) is 1. The van der Waals surface area contributed by atoms with Crippen molar-refractivity contribution in [2.45, 2.75) is 32.7 Å². The Balaban J connectivity index is 2.03. The van der Waals surface area contributed by atoms with Crippen LogP contribution < -0.4 is 10.1 Å². The molecule has 1 aromatic carbocycles. The molecule has 1 aliphatic rings. The number of nitrogens with zero attached hydrogens (tertiary/aromatic N) is 1. The van der Waals surface area contributed by atoms with Gasteiger partial charge in [-0.25, -0.2) is 0 Å². The first-order valence-electron chi connectivity index (χ1n) is 7.70. The summed E-state index contributed by atoms with van der Waals surface area (Å²) >= 11 is 0. The molecule has 0 saturated carbocycles. The maximum absolute atomic E-state index is 12.9. The normalized spacial score (nSPS) is 17.3. The van der Waals surface area contributed by atoms with Gasteiger partial charge in [-0.1, -0.05) is 19.1 Å². The van der Waals surface area contributed by atoms with Gasteiger partial charge in [-0.3, -0.25) is 4.79 Å². The average Bonchev–Trinajstić information content (AvgIpc) is 2.55. The van der Waals surface area contributed by atoms with E-state index >= 15 is 0 Å². The molecule has 2 rings (SSSR count). The van der Waals surface area contributed by atoms with Crippen molar-refractivity contribution in [3.05, 3.63) is 29.8 Å². The van der Waals surface area contributed by atoms with Gasteiger partial charge < -0.3 is 15.0 Å². The predicted molar refractivity (Wildman–Crippen MR) is 84.3 cm³/mol. The van der Waals surface area contributed by atoms with Crippen molar-refractivity contribution in [2.75, 3.05) is 27.2 Å². The van der Waals surface area contributed by atoms with Crippen molar-refractivity contribution in [1.82, 2.24) is 10.2 Å². The molecule has 1 amide bonds. The molecule has 1 heterocycles. The van der Waals surface area contributed by atoms with Crippen molar-refractivity contribution < 1.29 is 9.53 Å². The summed E-state index contributed by atoms with van der Waals surface area (Å²) in [4.78, 5) is 14.7. The third-order valence-electron chi connectivity index (χ3n) is 4.62. The number of carbonyl (C=O) groups is 1. The molecule has 0 bridgehead atoms. The molecule has 0 aromatic heterocycles. The fourth-order valence-corrected chi connectivity index (χ4v) is 3.11. The Bertz CT molecular complexity index is 464. The number of carbonyl (C=O) groups excluding carboxylic acids is 1. The van der Waals surface area contributed by atoms with Crippen molar-refractivity contribution in [2.24, 2.45) is 5.41 Å². The second kappa shape index (κ2) is 6.94. The Hall–Kier alpha value is -1.55. The van der Waals surface area contributed by atoms with E-state index in [9.17, 15) is 4.79 Å². The number of methoxy groups -OCH3 is 1. The second-order valence-electron chi connectivity index (χ2n) is 5.89. The molecule has 116 valence electrons. The van der Waals surface area contributed by atoms with Crippen LogP contribution in [0.3, 0.4) is 0 Å². The average molecular weight is 290 g/mol. The molecule has 1 fully saturated rings. The van der Waals surface area contributed by atoms with Gasteiger partial charge in [-0.15, -0.1) is 0 Å². The minimum absolute atomic E-state index is 0.174. The predicted octanol–water partition coefficient (Wildman–Crippen LogP) is 2.43. The van der Waals surface area contributed by atoms with Crippen LogP contribution in [0.5, 0.6) is 5.75 Å². The van der Waals surface area contributed by atoms with Crippen LogP contribution in [0.25, 0.3) is 0 Å². The van der Waals surface area contributed by atoms with Crippen LogP contribution in [0, 0.1) is 5.41 Å². The molecular formula is C17H26N2O2. The lowest BCUT2D eigenvalue weighted by Crippen LogP contribution is -2.47. The van der Waals surface area contributed by atoms with Crippen LogP contribution in [-0.2, 0) is 11.3 Å². The van der Waals surface area contributed by atoms with Gasteiger partial charge in [0, 0.05) is 13.6 Å². The molecule has 0 unspecified atom stereocenters. The van der Waals surface area contributed by atoms with Crippen molar-refractivity contribution in [1.29, 1.82) is 0 Å². The quantitative estimate of drug-likeness (QED) is 0.905. The third-order valence-corrected chi connectivity index (χ3v) is 4.62. The first kappa shape index (κ1) is 15.8. The molecule has 0 spiro atoms. The lowest BCUT2D eigenvalue weighted by Gasteiger charge is -2.38. The van der Waals surface area contributed by atoms with Crippen molar-refractivity contribution in [3.8, 4) is 5.75 Å². The molecule has 21 heavy (non-hydrogen) atoms. The number of ether oxygens (including phenoxy) is 1. The van der Waals surface area contributed by atoms with E-state index in [0.717, 1.165) is 43.7 Å². The summed E-state index contributed by atoms with van der Waals surface area (Å²) in [6.45, 7) is 4.66. The van der Waals surface area contributed by atoms with E-state index in [0.29, 0.717) is 6.54 Å². The Kier molecular flexibility index (Phi) is 5.23. The zero-order valence-corrected chi connectivity index (χ0v) is 13.3. The molecule has 1 aromatic rings. The van der Waals surface area contributed by atoms with Crippen molar-refractivity contribution >= 4 is 5.91 Å². The number of benzene rings is 1. The van der Waals surface area contributed by atoms with E-state index in [1.807, 2.05) is 36.2 Å². The lowest BCUT2D eigenvalue weighted by molar-refractivity contribution is -0.143. The summed E-state index contributed by atoms with van der Waals surface area (Å²) in [7, 11) is 3.57. The molecule has 4 nitrogen and oxygen atoms in total. The molecule has 0 aliphatic carbocycles. The SMILES string of the molecule is CCC1(C(=O)N(C)Cc2ccc(OC)cc2)CCNCC1. The minimum Gasteiger partial charge on any atom is -0.497 e. The number of piperidine rings is 1. The molecule has 1 N–H and O–H groups in total. The Morgan fingerprint density at radius 1 is 1.29 bits per heavy atom. The molecule has 0 radical (unpaired) electrons. The van der Waals surface area contributed by atoms with E-state index < -0.39 is 0 Å². The van der Waals surface area contributed by atoms with Gasteiger partial charge in [-0.05, 0) is 50.0 Å². The van der Waals surface area contributed by atoms with Crippen LogP contribution in [0.4, 0.5) is 0 Å². The summed E-state index contributed by atoms with van der Waals surface area (Å²) in [6, 6.07) is 7.91. The maximum Gasteiger partial charge on any atom is 0.228 e.